The Kier molecular flexibility index (Phi) is 4.09. The second kappa shape index (κ2) is 5.63. The van der Waals surface area contributed by atoms with E-state index in [4.69, 9.17) is 0 Å². The maximum atomic E-state index is 11.9. The molecule has 0 spiro atoms. The Labute approximate surface area is 119 Å². The largest absolute Gasteiger partial charge is 0.348 e. The monoisotopic (exact) mass is 275 g/mol. The molecule has 0 saturated carbocycles. The average Bonchev–Trinajstić information content (AvgIpc) is 2.41. The quantitative estimate of drug-likeness (QED) is 0.806. The molecule has 5 heteroatoms. The standard InChI is InChI=1S/C15H21N3O2/c1-4-16-9-11-5-7-12(8-6-11)18-10-13(19)17-14(20)15(18,2)3/h5-8,16H,4,9-10H2,1-3H3,(H,17,19,20). The number of benzene rings is 1. The van der Waals surface area contributed by atoms with Crippen LogP contribution in [-0.4, -0.2) is 30.4 Å². The molecular formula is C15H21N3O2. The van der Waals surface area contributed by atoms with Crippen LogP contribution in [0.4, 0.5) is 5.69 Å². The molecule has 1 saturated heterocycles. The van der Waals surface area contributed by atoms with Crippen LogP contribution in [0.2, 0.25) is 0 Å². The van der Waals surface area contributed by atoms with E-state index in [0.29, 0.717) is 0 Å². The van der Waals surface area contributed by atoms with Gasteiger partial charge in [-0.2, -0.15) is 0 Å². The van der Waals surface area contributed by atoms with Gasteiger partial charge in [0.1, 0.15) is 5.54 Å². The smallest absolute Gasteiger partial charge is 0.251 e. The van der Waals surface area contributed by atoms with E-state index in [1.54, 1.807) is 0 Å². The van der Waals surface area contributed by atoms with Crippen molar-refractivity contribution < 1.29 is 9.59 Å². The van der Waals surface area contributed by atoms with Crippen LogP contribution in [0.25, 0.3) is 0 Å². The lowest BCUT2D eigenvalue weighted by molar-refractivity contribution is -0.135. The highest BCUT2D eigenvalue weighted by molar-refractivity contribution is 6.06. The van der Waals surface area contributed by atoms with Gasteiger partial charge in [-0.05, 0) is 38.1 Å². The van der Waals surface area contributed by atoms with Gasteiger partial charge in [-0.3, -0.25) is 14.9 Å². The Bertz CT molecular complexity index is 508. The topological polar surface area (TPSA) is 61.4 Å². The van der Waals surface area contributed by atoms with Crippen LogP contribution in [0.15, 0.2) is 24.3 Å². The maximum absolute atomic E-state index is 11.9. The van der Waals surface area contributed by atoms with Gasteiger partial charge in [-0.25, -0.2) is 0 Å². The summed E-state index contributed by atoms with van der Waals surface area (Å²) in [5, 5.41) is 5.64. The van der Waals surface area contributed by atoms with E-state index in [1.165, 1.54) is 5.56 Å². The lowest BCUT2D eigenvalue weighted by Gasteiger charge is -2.41. The summed E-state index contributed by atoms with van der Waals surface area (Å²) in [5.41, 5.74) is 1.34. The van der Waals surface area contributed by atoms with Crippen LogP contribution in [0.3, 0.4) is 0 Å². The Morgan fingerprint density at radius 1 is 1.25 bits per heavy atom. The molecule has 0 unspecified atom stereocenters. The van der Waals surface area contributed by atoms with Crippen molar-refractivity contribution in [3.8, 4) is 0 Å². The number of rotatable bonds is 4. The first-order chi connectivity index (χ1) is 9.45. The van der Waals surface area contributed by atoms with E-state index in [0.717, 1.165) is 18.8 Å². The highest BCUT2D eigenvalue weighted by Gasteiger charge is 2.40. The number of carbonyl (C=O) groups excluding carboxylic acids is 2. The lowest BCUT2D eigenvalue weighted by Crippen LogP contribution is -2.64. The van der Waals surface area contributed by atoms with Gasteiger partial charge in [0.15, 0.2) is 0 Å². The molecule has 1 aromatic carbocycles. The number of hydrogen-bond acceptors (Lipinski definition) is 4. The maximum Gasteiger partial charge on any atom is 0.251 e. The summed E-state index contributed by atoms with van der Waals surface area (Å²) in [5.74, 6) is -0.517. The fourth-order valence-electron chi connectivity index (χ4n) is 2.26. The van der Waals surface area contributed by atoms with Crippen LogP contribution < -0.4 is 15.5 Å². The fourth-order valence-corrected chi connectivity index (χ4v) is 2.26. The van der Waals surface area contributed by atoms with Crippen molar-refractivity contribution in [2.24, 2.45) is 0 Å². The average molecular weight is 275 g/mol. The predicted octanol–water partition coefficient (Wildman–Crippen LogP) is 1.04. The molecule has 108 valence electrons. The summed E-state index contributed by atoms with van der Waals surface area (Å²) in [4.78, 5) is 25.3. The Balaban J connectivity index is 2.21. The molecule has 1 aliphatic rings. The van der Waals surface area contributed by atoms with Gasteiger partial charge >= 0.3 is 0 Å². The van der Waals surface area contributed by atoms with E-state index < -0.39 is 5.54 Å². The molecule has 20 heavy (non-hydrogen) atoms. The number of imide groups is 1. The molecule has 0 bridgehead atoms. The molecular weight excluding hydrogens is 254 g/mol. The first-order valence-corrected chi connectivity index (χ1v) is 6.86. The minimum Gasteiger partial charge on any atom is -0.348 e. The number of hydrogen-bond donors (Lipinski definition) is 2. The molecule has 0 atom stereocenters. The lowest BCUT2D eigenvalue weighted by atomic mass is 9.97. The van der Waals surface area contributed by atoms with E-state index >= 15 is 0 Å². The van der Waals surface area contributed by atoms with Gasteiger partial charge in [-0.15, -0.1) is 0 Å². The first kappa shape index (κ1) is 14.5. The molecule has 1 fully saturated rings. The summed E-state index contributed by atoms with van der Waals surface area (Å²) in [6, 6.07) is 7.96. The summed E-state index contributed by atoms with van der Waals surface area (Å²) < 4.78 is 0. The van der Waals surface area contributed by atoms with Gasteiger partial charge in [0, 0.05) is 12.2 Å². The van der Waals surface area contributed by atoms with Gasteiger partial charge in [0.25, 0.3) is 5.91 Å². The van der Waals surface area contributed by atoms with E-state index in [9.17, 15) is 9.59 Å². The zero-order valence-electron chi connectivity index (χ0n) is 12.2. The van der Waals surface area contributed by atoms with Crippen LogP contribution in [-0.2, 0) is 16.1 Å². The molecule has 5 nitrogen and oxygen atoms in total. The van der Waals surface area contributed by atoms with E-state index in [1.807, 2.05) is 43.0 Å². The van der Waals surface area contributed by atoms with Crippen LogP contribution >= 0.6 is 0 Å². The fraction of sp³-hybridized carbons (Fsp3) is 0.467. The van der Waals surface area contributed by atoms with Gasteiger partial charge in [0.2, 0.25) is 5.91 Å². The third-order valence-corrected chi connectivity index (χ3v) is 3.61. The molecule has 2 amide bonds. The van der Waals surface area contributed by atoms with E-state index in [2.05, 4.69) is 17.6 Å². The summed E-state index contributed by atoms with van der Waals surface area (Å²) in [7, 11) is 0. The van der Waals surface area contributed by atoms with Gasteiger partial charge in [-0.1, -0.05) is 19.1 Å². The summed E-state index contributed by atoms with van der Waals surface area (Å²) in [6.45, 7) is 7.65. The van der Waals surface area contributed by atoms with Crippen molar-refractivity contribution >= 4 is 17.5 Å². The molecule has 1 heterocycles. The molecule has 0 aliphatic carbocycles. The molecule has 0 aromatic heterocycles. The Morgan fingerprint density at radius 2 is 1.90 bits per heavy atom. The summed E-state index contributed by atoms with van der Waals surface area (Å²) >= 11 is 0. The number of nitrogens with one attached hydrogen (secondary N) is 2. The van der Waals surface area contributed by atoms with Crippen LogP contribution in [0.1, 0.15) is 26.3 Å². The zero-order valence-corrected chi connectivity index (χ0v) is 12.2. The SMILES string of the molecule is CCNCc1ccc(N2CC(=O)NC(=O)C2(C)C)cc1. The summed E-state index contributed by atoms with van der Waals surface area (Å²) in [6.07, 6.45) is 0. The number of piperazine rings is 1. The highest BCUT2D eigenvalue weighted by atomic mass is 16.2. The van der Waals surface area contributed by atoms with Crippen molar-refractivity contribution in [2.45, 2.75) is 32.9 Å². The van der Waals surface area contributed by atoms with Crippen LogP contribution in [0, 0.1) is 0 Å². The van der Waals surface area contributed by atoms with Crippen LogP contribution in [0.5, 0.6) is 0 Å². The number of nitrogens with zero attached hydrogens (tertiary/aromatic N) is 1. The van der Waals surface area contributed by atoms with Crippen molar-refractivity contribution in [3.05, 3.63) is 29.8 Å². The van der Waals surface area contributed by atoms with Gasteiger partial charge in [0.05, 0.1) is 6.54 Å². The third kappa shape index (κ3) is 2.82. The van der Waals surface area contributed by atoms with Crippen molar-refractivity contribution in [1.82, 2.24) is 10.6 Å². The second-order valence-electron chi connectivity index (χ2n) is 5.47. The van der Waals surface area contributed by atoms with Crippen molar-refractivity contribution in [2.75, 3.05) is 18.0 Å². The van der Waals surface area contributed by atoms with Crippen molar-refractivity contribution in [3.63, 3.8) is 0 Å². The molecule has 1 aromatic rings. The Hall–Kier alpha value is -1.88. The molecule has 1 aliphatic heterocycles. The number of anilines is 1. The number of amides is 2. The predicted molar refractivity (Wildman–Crippen MR) is 78.4 cm³/mol. The Morgan fingerprint density at radius 3 is 2.50 bits per heavy atom. The number of carbonyl (C=O) groups is 2. The molecule has 0 radical (unpaired) electrons. The zero-order chi connectivity index (χ0) is 14.8. The van der Waals surface area contributed by atoms with Crippen molar-refractivity contribution in [1.29, 1.82) is 0 Å². The first-order valence-electron chi connectivity index (χ1n) is 6.86. The second-order valence-corrected chi connectivity index (χ2v) is 5.47. The molecule has 2 rings (SSSR count). The van der Waals surface area contributed by atoms with E-state index in [-0.39, 0.29) is 18.4 Å². The minimum atomic E-state index is -0.725. The minimum absolute atomic E-state index is 0.200. The highest BCUT2D eigenvalue weighted by Crippen LogP contribution is 2.26. The van der Waals surface area contributed by atoms with Gasteiger partial charge < -0.3 is 10.2 Å². The normalized spacial score (nSPS) is 18.1. The third-order valence-electron chi connectivity index (χ3n) is 3.61. The molecule has 2 N–H and O–H groups in total.